The molecule has 13 heavy (non-hydrogen) atoms. The minimum atomic E-state index is 0.0564. The molecule has 0 radical (unpaired) electrons. The minimum absolute atomic E-state index is 0.0564. The highest BCUT2D eigenvalue weighted by Crippen LogP contribution is 2.48. The Balaban J connectivity index is 2.16. The highest BCUT2D eigenvalue weighted by atomic mass is 32.2. The van der Waals surface area contributed by atoms with Gasteiger partial charge in [-0.1, -0.05) is 12.1 Å². The number of hydrogen-bond donors (Lipinski definition) is 0. The van der Waals surface area contributed by atoms with Crippen LogP contribution in [0.3, 0.4) is 0 Å². The van der Waals surface area contributed by atoms with Gasteiger partial charge in [0.05, 0.1) is 5.60 Å². The van der Waals surface area contributed by atoms with E-state index in [4.69, 9.17) is 4.74 Å². The van der Waals surface area contributed by atoms with E-state index in [-0.39, 0.29) is 5.60 Å². The van der Waals surface area contributed by atoms with Gasteiger partial charge >= 0.3 is 0 Å². The first-order valence-electron chi connectivity index (χ1n) is 4.45. The Bertz CT molecular complexity index is 302. The van der Waals surface area contributed by atoms with Crippen molar-refractivity contribution in [2.24, 2.45) is 0 Å². The van der Waals surface area contributed by atoms with Crippen LogP contribution in [0.25, 0.3) is 0 Å². The van der Waals surface area contributed by atoms with Crippen molar-refractivity contribution in [2.45, 2.75) is 30.4 Å². The van der Waals surface area contributed by atoms with E-state index in [0.29, 0.717) is 6.10 Å². The molecular formula is C11H14OS. The van der Waals surface area contributed by atoms with E-state index in [0.717, 1.165) is 0 Å². The summed E-state index contributed by atoms with van der Waals surface area (Å²) in [5.74, 6) is 0. The van der Waals surface area contributed by atoms with Crippen LogP contribution in [0, 0.1) is 0 Å². The maximum Gasteiger partial charge on any atom is 0.112 e. The molecular weight excluding hydrogens is 180 g/mol. The van der Waals surface area contributed by atoms with E-state index in [9.17, 15) is 0 Å². The predicted molar refractivity (Wildman–Crippen MR) is 56.1 cm³/mol. The summed E-state index contributed by atoms with van der Waals surface area (Å²) in [4.78, 5) is 1.31. The zero-order valence-electron chi connectivity index (χ0n) is 8.20. The number of hydrogen-bond acceptors (Lipinski definition) is 2. The average Bonchev–Trinajstić information content (AvgIpc) is 2.76. The molecule has 0 aromatic heterocycles. The van der Waals surface area contributed by atoms with Crippen molar-refractivity contribution in [2.75, 3.05) is 6.26 Å². The minimum Gasteiger partial charge on any atom is -0.362 e. The van der Waals surface area contributed by atoms with Crippen LogP contribution < -0.4 is 0 Å². The average molecular weight is 194 g/mol. The third kappa shape index (κ3) is 1.74. The highest BCUT2D eigenvalue weighted by molar-refractivity contribution is 7.98. The van der Waals surface area contributed by atoms with Crippen LogP contribution in [-0.4, -0.2) is 11.9 Å². The van der Waals surface area contributed by atoms with Gasteiger partial charge in [0.25, 0.3) is 0 Å². The number of ether oxygens (including phenoxy) is 1. The van der Waals surface area contributed by atoms with Crippen molar-refractivity contribution in [3.63, 3.8) is 0 Å². The molecule has 1 unspecified atom stereocenters. The molecule has 1 nitrogen and oxygen atoms in total. The number of benzene rings is 1. The van der Waals surface area contributed by atoms with E-state index in [1.807, 2.05) is 0 Å². The lowest BCUT2D eigenvalue weighted by atomic mass is 10.0. The lowest BCUT2D eigenvalue weighted by Gasteiger charge is -1.99. The molecule has 1 heterocycles. The Morgan fingerprint density at radius 1 is 1.23 bits per heavy atom. The van der Waals surface area contributed by atoms with Crippen LogP contribution in [0.2, 0.25) is 0 Å². The zero-order valence-corrected chi connectivity index (χ0v) is 9.02. The van der Waals surface area contributed by atoms with Crippen molar-refractivity contribution in [1.82, 2.24) is 0 Å². The summed E-state index contributed by atoms with van der Waals surface area (Å²) in [5.41, 5.74) is 1.35. The lowest BCUT2D eigenvalue weighted by molar-refractivity contribution is 0.325. The summed E-state index contributed by atoms with van der Waals surface area (Å²) in [6.45, 7) is 4.25. The second-order valence-corrected chi connectivity index (χ2v) is 4.75. The Morgan fingerprint density at radius 2 is 1.77 bits per heavy atom. The molecule has 0 saturated carbocycles. The van der Waals surface area contributed by atoms with Crippen molar-refractivity contribution in [3.05, 3.63) is 29.8 Å². The van der Waals surface area contributed by atoms with Crippen molar-refractivity contribution >= 4 is 11.8 Å². The molecule has 0 aliphatic carbocycles. The first kappa shape index (κ1) is 9.10. The Labute approximate surface area is 83.5 Å². The molecule has 70 valence electrons. The Morgan fingerprint density at radius 3 is 2.15 bits per heavy atom. The number of epoxide rings is 1. The molecule has 1 aromatic carbocycles. The molecule has 1 aliphatic rings. The highest BCUT2D eigenvalue weighted by Gasteiger charge is 2.48. The SMILES string of the molecule is CSc1ccc(C2OC2(C)C)cc1. The summed E-state index contributed by atoms with van der Waals surface area (Å²) in [7, 11) is 0. The monoisotopic (exact) mass is 194 g/mol. The molecule has 1 fully saturated rings. The lowest BCUT2D eigenvalue weighted by Crippen LogP contribution is -1.97. The van der Waals surface area contributed by atoms with Crippen LogP contribution in [0.5, 0.6) is 0 Å². The second-order valence-electron chi connectivity index (χ2n) is 3.87. The van der Waals surface area contributed by atoms with Gasteiger partial charge in [-0.05, 0) is 37.8 Å². The first-order valence-corrected chi connectivity index (χ1v) is 5.68. The maximum absolute atomic E-state index is 5.56. The molecule has 0 amide bonds. The Hall–Kier alpha value is -0.470. The quantitative estimate of drug-likeness (QED) is 0.529. The molecule has 1 atom stereocenters. The molecule has 2 rings (SSSR count). The molecule has 1 aliphatic heterocycles. The predicted octanol–water partition coefficient (Wildman–Crippen LogP) is 3.26. The van der Waals surface area contributed by atoms with Crippen molar-refractivity contribution < 1.29 is 4.74 Å². The summed E-state index contributed by atoms with van der Waals surface area (Å²) < 4.78 is 5.56. The van der Waals surface area contributed by atoms with Gasteiger partial charge in [0.2, 0.25) is 0 Å². The molecule has 0 bridgehead atoms. The van der Waals surface area contributed by atoms with E-state index >= 15 is 0 Å². The smallest absolute Gasteiger partial charge is 0.112 e. The number of thioether (sulfide) groups is 1. The van der Waals surface area contributed by atoms with E-state index in [1.54, 1.807) is 11.8 Å². The third-order valence-electron chi connectivity index (χ3n) is 2.41. The van der Waals surface area contributed by atoms with Crippen LogP contribution in [0.4, 0.5) is 0 Å². The van der Waals surface area contributed by atoms with Crippen LogP contribution >= 0.6 is 11.8 Å². The van der Waals surface area contributed by atoms with Gasteiger partial charge in [-0.3, -0.25) is 0 Å². The standard InChI is InChI=1S/C11H14OS/c1-11(2)10(12-11)8-4-6-9(13-3)7-5-8/h4-7,10H,1-3H3. The van der Waals surface area contributed by atoms with Crippen molar-refractivity contribution in [3.8, 4) is 0 Å². The summed E-state index contributed by atoms with van der Waals surface area (Å²) >= 11 is 1.77. The van der Waals surface area contributed by atoms with E-state index in [2.05, 4.69) is 44.4 Å². The normalized spacial score (nSPS) is 24.4. The summed E-state index contributed by atoms with van der Waals surface area (Å²) in [6.07, 6.45) is 2.40. The first-order chi connectivity index (χ1) is 6.13. The fourth-order valence-electron chi connectivity index (χ4n) is 1.52. The third-order valence-corrected chi connectivity index (χ3v) is 3.16. The van der Waals surface area contributed by atoms with Gasteiger partial charge < -0.3 is 4.74 Å². The van der Waals surface area contributed by atoms with Crippen LogP contribution in [0.15, 0.2) is 29.2 Å². The Kier molecular flexibility index (Phi) is 2.12. The van der Waals surface area contributed by atoms with Gasteiger partial charge in [-0.15, -0.1) is 11.8 Å². The molecule has 2 heteroatoms. The van der Waals surface area contributed by atoms with Gasteiger partial charge in [0, 0.05) is 4.90 Å². The number of rotatable bonds is 2. The topological polar surface area (TPSA) is 12.5 Å². The molecule has 0 spiro atoms. The van der Waals surface area contributed by atoms with E-state index in [1.165, 1.54) is 10.5 Å². The van der Waals surface area contributed by atoms with Crippen molar-refractivity contribution in [1.29, 1.82) is 0 Å². The zero-order chi connectivity index (χ0) is 9.47. The summed E-state index contributed by atoms with van der Waals surface area (Å²) in [5, 5.41) is 0. The van der Waals surface area contributed by atoms with Gasteiger partial charge in [0.15, 0.2) is 0 Å². The molecule has 1 aromatic rings. The molecule has 1 saturated heterocycles. The van der Waals surface area contributed by atoms with Gasteiger partial charge in [0.1, 0.15) is 6.10 Å². The van der Waals surface area contributed by atoms with Gasteiger partial charge in [-0.2, -0.15) is 0 Å². The fraction of sp³-hybridized carbons (Fsp3) is 0.455. The van der Waals surface area contributed by atoms with Crippen LogP contribution in [-0.2, 0) is 4.74 Å². The van der Waals surface area contributed by atoms with Crippen LogP contribution in [0.1, 0.15) is 25.5 Å². The summed E-state index contributed by atoms with van der Waals surface area (Å²) in [6, 6.07) is 8.62. The molecule has 0 N–H and O–H groups in total. The largest absolute Gasteiger partial charge is 0.362 e. The second kappa shape index (κ2) is 3.03. The van der Waals surface area contributed by atoms with Gasteiger partial charge in [-0.25, -0.2) is 0 Å². The van der Waals surface area contributed by atoms with E-state index < -0.39 is 0 Å². The fourth-order valence-corrected chi connectivity index (χ4v) is 1.93. The maximum atomic E-state index is 5.56.